The number of nitrogens with one attached hydrogen (secondary N) is 2. The zero-order valence-corrected chi connectivity index (χ0v) is 23.1. The van der Waals surface area contributed by atoms with Crippen LogP contribution in [0.3, 0.4) is 0 Å². The number of alkyl carbamates (subject to hydrolysis) is 1. The molecular weight excluding hydrogens is 472 g/mol. The number of amides is 4. The van der Waals surface area contributed by atoms with Gasteiger partial charge in [-0.15, -0.1) is 6.42 Å². The van der Waals surface area contributed by atoms with Crippen LogP contribution < -0.4 is 16.4 Å². The van der Waals surface area contributed by atoms with E-state index in [1.165, 1.54) is 4.90 Å². The number of hydrogen-bond acceptors (Lipinski definition) is 5. The molecule has 0 heterocycles. The molecule has 0 radical (unpaired) electrons. The first-order chi connectivity index (χ1) is 17.1. The number of carbonyl (C=O) groups is 4. The smallest absolute Gasteiger partial charge is 0.408 e. The summed E-state index contributed by atoms with van der Waals surface area (Å²) in [6, 6.07) is 4.72. The first kappa shape index (κ1) is 31.5. The number of carbonyl (C=O) groups excluding carboxylic acids is 4. The number of ether oxygens (including phenoxy) is 1. The quantitative estimate of drug-likeness (QED) is 0.390. The minimum Gasteiger partial charge on any atom is -0.444 e. The van der Waals surface area contributed by atoms with Crippen molar-refractivity contribution in [2.45, 2.75) is 97.4 Å². The topological polar surface area (TPSA) is 131 Å². The standard InChI is InChI=1S/C28H42N4O5/c1-9-11-18-32(25(35)21(16-17-22(29)33)30-26(36)37-28(6,7)8)23(24(34)31-27(3,4)5)20-14-12-19(10-2)13-15-20/h2,12-15,21,23H,9,11,16-18H2,1,3-8H3,(H2,29,33)(H,30,36)(H,31,34). The average Bonchev–Trinajstić information content (AvgIpc) is 2.76. The van der Waals surface area contributed by atoms with Crippen molar-refractivity contribution in [3.05, 3.63) is 35.4 Å². The van der Waals surface area contributed by atoms with Crippen molar-refractivity contribution in [2.24, 2.45) is 5.73 Å². The number of benzene rings is 1. The summed E-state index contributed by atoms with van der Waals surface area (Å²) < 4.78 is 5.33. The van der Waals surface area contributed by atoms with Gasteiger partial charge >= 0.3 is 6.09 Å². The Kier molecular flexibility index (Phi) is 11.6. The van der Waals surface area contributed by atoms with Gasteiger partial charge in [-0.05, 0) is 72.1 Å². The molecule has 0 saturated heterocycles. The van der Waals surface area contributed by atoms with Crippen LogP contribution in [0.2, 0.25) is 0 Å². The molecule has 0 aromatic heterocycles. The third kappa shape index (κ3) is 11.4. The van der Waals surface area contributed by atoms with Gasteiger partial charge in [0, 0.05) is 24.1 Å². The van der Waals surface area contributed by atoms with E-state index in [0.29, 0.717) is 17.5 Å². The van der Waals surface area contributed by atoms with Crippen molar-refractivity contribution in [3.8, 4) is 12.3 Å². The molecule has 2 unspecified atom stereocenters. The van der Waals surface area contributed by atoms with E-state index in [1.54, 1.807) is 45.0 Å². The first-order valence-corrected chi connectivity index (χ1v) is 12.5. The van der Waals surface area contributed by atoms with Gasteiger partial charge in [0.15, 0.2) is 0 Å². The summed E-state index contributed by atoms with van der Waals surface area (Å²) in [6.07, 6.45) is 5.89. The second-order valence-corrected chi connectivity index (χ2v) is 11.0. The normalized spacial score (nSPS) is 13.0. The first-order valence-electron chi connectivity index (χ1n) is 12.5. The Hall–Kier alpha value is -3.54. The lowest BCUT2D eigenvalue weighted by Gasteiger charge is -2.36. The average molecular weight is 515 g/mol. The maximum atomic E-state index is 14.0. The summed E-state index contributed by atoms with van der Waals surface area (Å²) >= 11 is 0. The number of terminal acetylenes is 1. The molecular formula is C28H42N4O5. The van der Waals surface area contributed by atoms with E-state index in [-0.39, 0.29) is 25.3 Å². The lowest BCUT2D eigenvalue weighted by Crippen LogP contribution is -2.55. The Labute approximate surface area is 220 Å². The van der Waals surface area contributed by atoms with Crippen molar-refractivity contribution >= 4 is 23.8 Å². The Morgan fingerprint density at radius 3 is 2.14 bits per heavy atom. The fourth-order valence-electron chi connectivity index (χ4n) is 3.56. The van der Waals surface area contributed by atoms with Crippen LogP contribution >= 0.6 is 0 Å². The monoisotopic (exact) mass is 514 g/mol. The van der Waals surface area contributed by atoms with Gasteiger partial charge in [-0.1, -0.05) is 31.4 Å². The lowest BCUT2D eigenvalue weighted by molar-refractivity contribution is -0.143. The molecule has 9 nitrogen and oxygen atoms in total. The number of nitrogens with two attached hydrogens (primary N) is 1. The van der Waals surface area contributed by atoms with Crippen molar-refractivity contribution < 1.29 is 23.9 Å². The molecule has 0 aliphatic carbocycles. The van der Waals surface area contributed by atoms with Crippen molar-refractivity contribution in [2.75, 3.05) is 6.54 Å². The summed E-state index contributed by atoms with van der Waals surface area (Å²) in [5, 5.41) is 5.54. The van der Waals surface area contributed by atoms with E-state index in [2.05, 4.69) is 16.6 Å². The zero-order valence-electron chi connectivity index (χ0n) is 23.1. The molecule has 0 aliphatic heterocycles. The van der Waals surface area contributed by atoms with Crippen molar-refractivity contribution in [1.29, 1.82) is 0 Å². The van der Waals surface area contributed by atoms with Gasteiger partial charge < -0.3 is 26.0 Å². The molecule has 1 rings (SSSR count). The summed E-state index contributed by atoms with van der Waals surface area (Å²) in [6.45, 7) is 12.9. The molecule has 2 atom stereocenters. The third-order valence-electron chi connectivity index (χ3n) is 5.16. The molecule has 0 aliphatic rings. The fraction of sp³-hybridized carbons (Fsp3) is 0.571. The van der Waals surface area contributed by atoms with E-state index in [0.717, 1.165) is 6.42 Å². The highest BCUT2D eigenvalue weighted by atomic mass is 16.6. The molecule has 0 saturated carbocycles. The number of primary amides is 1. The van der Waals surface area contributed by atoms with E-state index in [4.69, 9.17) is 16.9 Å². The molecule has 0 spiro atoms. The summed E-state index contributed by atoms with van der Waals surface area (Å²) in [5.41, 5.74) is 5.18. The zero-order chi connectivity index (χ0) is 28.4. The van der Waals surface area contributed by atoms with E-state index in [9.17, 15) is 19.2 Å². The minimum atomic E-state index is -1.13. The van der Waals surface area contributed by atoms with Crippen LogP contribution in [0.15, 0.2) is 24.3 Å². The van der Waals surface area contributed by atoms with Crippen LogP contribution in [0.5, 0.6) is 0 Å². The second-order valence-electron chi connectivity index (χ2n) is 11.0. The van der Waals surface area contributed by atoms with Gasteiger partial charge in [-0.2, -0.15) is 0 Å². The lowest BCUT2D eigenvalue weighted by atomic mass is 9.98. The van der Waals surface area contributed by atoms with E-state index >= 15 is 0 Å². The summed E-state index contributed by atoms with van der Waals surface area (Å²) in [4.78, 5) is 53.1. The van der Waals surface area contributed by atoms with Crippen LogP contribution in [0, 0.1) is 12.3 Å². The Balaban J connectivity index is 3.53. The summed E-state index contributed by atoms with van der Waals surface area (Å²) in [7, 11) is 0. The molecule has 204 valence electrons. The summed E-state index contributed by atoms with van der Waals surface area (Å²) in [5.74, 6) is 1.03. The van der Waals surface area contributed by atoms with Crippen LogP contribution in [0.4, 0.5) is 4.79 Å². The highest BCUT2D eigenvalue weighted by molar-refractivity contribution is 5.92. The van der Waals surface area contributed by atoms with E-state index < -0.39 is 41.1 Å². The highest BCUT2D eigenvalue weighted by Crippen LogP contribution is 2.25. The minimum absolute atomic E-state index is 0.0420. The van der Waals surface area contributed by atoms with Gasteiger partial charge in [0.25, 0.3) is 0 Å². The SMILES string of the molecule is C#Cc1ccc(C(C(=O)NC(C)(C)C)N(CCCC)C(=O)C(CCC(N)=O)NC(=O)OC(C)(C)C)cc1. The molecule has 0 bridgehead atoms. The Morgan fingerprint density at radius 1 is 1.08 bits per heavy atom. The van der Waals surface area contributed by atoms with Gasteiger partial charge in [0.05, 0.1) is 0 Å². The number of nitrogens with zero attached hydrogens (tertiary/aromatic N) is 1. The number of rotatable bonds is 11. The van der Waals surface area contributed by atoms with Crippen LogP contribution in [-0.2, 0) is 19.1 Å². The largest absolute Gasteiger partial charge is 0.444 e. The van der Waals surface area contributed by atoms with Crippen LogP contribution in [0.25, 0.3) is 0 Å². The molecule has 37 heavy (non-hydrogen) atoms. The Bertz CT molecular complexity index is 984. The maximum Gasteiger partial charge on any atom is 0.408 e. The molecule has 1 aromatic rings. The van der Waals surface area contributed by atoms with Gasteiger partial charge in [-0.25, -0.2) is 4.79 Å². The van der Waals surface area contributed by atoms with Crippen LogP contribution in [-0.4, -0.2) is 52.4 Å². The Morgan fingerprint density at radius 2 is 1.68 bits per heavy atom. The highest BCUT2D eigenvalue weighted by Gasteiger charge is 2.37. The number of unbranched alkanes of at least 4 members (excludes halogenated alkanes) is 1. The molecule has 0 fully saturated rings. The molecule has 4 N–H and O–H groups in total. The fourth-order valence-corrected chi connectivity index (χ4v) is 3.56. The maximum absolute atomic E-state index is 14.0. The second kappa shape index (κ2) is 13.7. The third-order valence-corrected chi connectivity index (χ3v) is 5.16. The van der Waals surface area contributed by atoms with Gasteiger partial charge in [-0.3, -0.25) is 14.4 Å². The van der Waals surface area contributed by atoms with Crippen molar-refractivity contribution in [3.63, 3.8) is 0 Å². The molecule has 1 aromatic carbocycles. The number of hydrogen-bond donors (Lipinski definition) is 3. The predicted octanol–water partition coefficient (Wildman–Crippen LogP) is 3.41. The van der Waals surface area contributed by atoms with Gasteiger partial charge in [0.1, 0.15) is 17.7 Å². The molecule has 9 heteroatoms. The van der Waals surface area contributed by atoms with Crippen LogP contribution in [0.1, 0.15) is 91.3 Å². The molecule has 4 amide bonds. The predicted molar refractivity (Wildman–Crippen MR) is 143 cm³/mol. The van der Waals surface area contributed by atoms with E-state index in [1.807, 2.05) is 27.7 Å². The van der Waals surface area contributed by atoms with Gasteiger partial charge in [0.2, 0.25) is 17.7 Å². The van der Waals surface area contributed by atoms with Crippen molar-refractivity contribution in [1.82, 2.24) is 15.5 Å².